The summed E-state index contributed by atoms with van der Waals surface area (Å²) in [7, 11) is 0. The molecule has 1 aromatic carbocycles. The predicted molar refractivity (Wildman–Crippen MR) is 77.8 cm³/mol. The fourth-order valence-corrected chi connectivity index (χ4v) is 2.83. The van der Waals surface area contributed by atoms with E-state index in [1.54, 1.807) is 22.6 Å². The second-order valence-corrected chi connectivity index (χ2v) is 5.38. The zero-order chi connectivity index (χ0) is 15.0. The number of nitriles is 1. The van der Waals surface area contributed by atoms with Gasteiger partial charge in [-0.2, -0.15) is 5.26 Å². The molecule has 0 aliphatic carbocycles. The van der Waals surface area contributed by atoms with Crippen LogP contribution in [-0.4, -0.2) is 26.6 Å². The molecule has 3 rings (SSSR count). The summed E-state index contributed by atoms with van der Waals surface area (Å²) < 4.78 is 3.51. The number of aromatic carboxylic acids is 1. The van der Waals surface area contributed by atoms with Gasteiger partial charge in [0.05, 0.1) is 23.7 Å². The van der Waals surface area contributed by atoms with Gasteiger partial charge in [0.15, 0.2) is 0 Å². The highest BCUT2D eigenvalue weighted by atomic mass is 35.5. The monoisotopic (exact) mass is 301 g/mol. The minimum absolute atomic E-state index is 0.260. The number of aromatic nitrogens is 1. The summed E-state index contributed by atoms with van der Waals surface area (Å²) in [4.78, 5) is 11.6. The number of carboxylic acid groups (broad SMARTS) is 1. The van der Waals surface area contributed by atoms with Crippen molar-refractivity contribution in [2.75, 3.05) is 6.54 Å². The molecule has 0 saturated carbocycles. The quantitative estimate of drug-likeness (QED) is 0.866. The average molecular weight is 302 g/mol. The van der Waals surface area contributed by atoms with Gasteiger partial charge in [-0.05, 0) is 29.5 Å². The van der Waals surface area contributed by atoms with Crippen LogP contribution in [0.15, 0.2) is 30.5 Å². The third-order valence-corrected chi connectivity index (χ3v) is 3.90. The van der Waals surface area contributed by atoms with E-state index in [0.29, 0.717) is 36.5 Å². The number of benzene rings is 1. The Morgan fingerprint density at radius 2 is 2.19 bits per heavy atom. The summed E-state index contributed by atoms with van der Waals surface area (Å²) >= 11 is 6.01. The van der Waals surface area contributed by atoms with Crippen LogP contribution in [0.2, 0.25) is 0 Å². The first-order valence-corrected chi connectivity index (χ1v) is 6.80. The van der Waals surface area contributed by atoms with E-state index in [0.717, 1.165) is 5.56 Å². The van der Waals surface area contributed by atoms with Gasteiger partial charge in [-0.25, -0.2) is 9.21 Å². The van der Waals surface area contributed by atoms with Crippen LogP contribution in [0, 0.1) is 11.3 Å². The van der Waals surface area contributed by atoms with Gasteiger partial charge in [0.1, 0.15) is 0 Å². The van der Waals surface area contributed by atoms with Crippen molar-refractivity contribution in [2.24, 2.45) is 0 Å². The molecule has 0 unspecified atom stereocenters. The number of hydrogen-bond donors (Lipinski definition) is 1. The molecule has 0 radical (unpaired) electrons. The molecule has 5 nitrogen and oxygen atoms in total. The van der Waals surface area contributed by atoms with Gasteiger partial charge in [0.25, 0.3) is 0 Å². The van der Waals surface area contributed by atoms with Crippen molar-refractivity contribution in [1.29, 1.82) is 5.26 Å². The number of carbonyl (C=O) groups is 1. The summed E-state index contributed by atoms with van der Waals surface area (Å²) in [5, 5.41) is 18.5. The molecule has 0 saturated heterocycles. The van der Waals surface area contributed by atoms with Crippen molar-refractivity contribution in [2.45, 2.75) is 13.1 Å². The molecule has 1 aromatic heterocycles. The Balaban J connectivity index is 2.19. The molecule has 2 heterocycles. The summed E-state index contributed by atoms with van der Waals surface area (Å²) in [5.74, 6) is -0.979. The Bertz CT molecular complexity index is 761. The minimum Gasteiger partial charge on any atom is -0.478 e. The van der Waals surface area contributed by atoms with Gasteiger partial charge in [0, 0.05) is 30.5 Å². The van der Waals surface area contributed by atoms with E-state index in [2.05, 4.69) is 6.07 Å². The van der Waals surface area contributed by atoms with Crippen LogP contribution in [0.1, 0.15) is 21.6 Å². The topological polar surface area (TPSA) is 69.3 Å². The van der Waals surface area contributed by atoms with Crippen LogP contribution in [0.4, 0.5) is 0 Å². The van der Waals surface area contributed by atoms with Gasteiger partial charge in [-0.3, -0.25) is 0 Å². The zero-order valence-electron chi connectivity index (χ0n) is 11.1. The molecule has 0 amide bonds. The Hall–Kier alpha value is -2.29. The second kappa shape index (κ2) is 5.24. The van der Waals surface area contributed by atoms with Crippen LogP contribution in [-0.2, 0) is 13.1 Å². The molecule has 106 valence electrons. The number of rotatable bonds is 2. The van der Waals surface area contributed by atoms with Crippen molar-refractivity contribution in [3.8, 4) is 17.2 Å². The van der Waals surface area contributed by atoms with Crippen LogP contribution in [0.3, 0.4) is 0 Å². The van der Waals surface area contributed by atoms with Crippen LogP contribution in [0.25, 0.3) is 11.1 Å². The highest BCUT2D eigenvalue weighted by Crippen LogP contribution is 2.31. The molecular formula is C15H12ClN3O2. The summed E-state index contributed by atoms with van der Waals surface area (Å²) in [6.45, 7) is 1.71. The third-order valence-electron chi connectivity index (χ3n) is 3.61. The molecule has 1 aliphatic heterocycles. The molecule has 6 heteroatoms. The van der Waals surface area contributed by atoms with E-state index in [4.69, 9.17) is 17.0 Å². The first kappa shape index (κ1) is 13.7. The lowest BCUT2D eigenvalue weighted by molar-refractivity contribution is 0.0695. The number of hydrogen-bond acceptors (Lipinski definition) is 3. The molecule has 2 aromatic rings. The van der Waals surface area contributed by atoms with E-state index in [-0.39, 0.29) is 5.56 Å². The highest BCUT2D eigenvalue weighted by Gasteiger charge is 2.26. The normalized spacial score (nSPS) is 14.5. The van der Waals surface area contributed by atoms with E-state index < -0.39 is 5.97 Å². The van der Waals surface area contributed by atoms with Crippen molar-refractivity contribution < 1.29 is 9.90 Å². The fourth-order valence-electron chi connectivity index (χ4n) is 2.64. The number of fused-ring (bicyclic) bond motifs is 1. The standard InChI is InChI=1S/C15H12ClN3O2/c16-19-5-4-18-8-12(14(15(20)21)13(18)9-19)11-3-1-2-10(6-11)7-17/h1-3,6,8H,4-5,9H2,(H,20,21). The van der Waals surface area contributed by atoms with Gasteiger partial charge < -0.3 is 9.67 Å². The van der Waals surface area contributed by atoms with E-state index >= 15 is 0 Å². The van der Waals surface area contributed by atoms with E-state index in [1.807, 2.05) is 16.8 Å². The lowest BCUT2D eigenvalue weighted by Crippen LogP contribution is -2.27. The van der Waals surface area contributed by atoms with Gasteiger partial charge in [0.2, 0.25) is 0 Å². The SMILES string of the molecule is N#Cc1cccc(-c2cn3c(c2C(=O)O)CN(Cl)CC3)c1. The lowest BCUT2D eigenvalue weighted by atomic mass is 10.0. The maximum atomic E-state index is 11.6. The first-order chi connectivity index (χ1) is 10.1. The molecule has 0 bridgehead atoms. The number of halogens is 1. The predicted octanol–water partition coefficient (Wildman–Crippen LogP) is 2.69. The largest absolute Gasteiger partial charge is 0.478 e. The van der Waals surface area contributed by atoms with Crippen LogP contribution >= 0.6 is 11.8 Å². The lowest BCUT2D eigenvalue weighted by Gasteiger charge is -2.22. The van der Waals surface area contributed by atoms with Crippen molar-refractivity contribution >= 4 is 17.7 Å². The Morgan fingerprint density at radius 1 is 1.38 bits per heavy atom. The fraction of sp³-hybridized carbons (Fsp3) is 0.200. The Kier molecular flexibility index (Phi) is 3.42. The maximum absolute atomic E-state index is 11.6. The smallest absolute Gasteiger partial charge is 0.338 e. The van der Waals surface area contributed by atoms with E-state index in [9.17, 15) is 9.90 Å². The zero-order valence-corrected chi connectivity index (χ0v) is 11.8. The molecule has 21 heavy (non-hydrogen) atoms. The number of nitrogens with zero attached hydrogens (tertiary/aromatic N) is 3. The first-order valence-electron chi connectivity index (χ1n) is 6.46. The molecule has 0 atom stereocenters. The van der Waals surface area contributed by atoms with Gasteiger partial charge in [-0.15, -0.1) is 0 Å². The Labute approximate surface area is 126 Å². The van der Waals surface area contributed by atoms with Crippen molar-refractivity contribution in [3.63, 3.8) is 0 Å². The van der Waals surface area contributed by atoms with Crippen LogP contribution < -0.4 is 0 Å². The van der Waals surface area contributed by atoms with Gasteiger partial charge in [-0.1, -0.05) is 12.1 Å². The van der Waals surface area contributed by atoms with Crippen LogP contribution in [0.5, 0.6) is 0 Å². The molecule has 0 spiro atoms. The molecule has 1 N–H and O–H groups in total. The third kappa shape index (κ3) is 2.40. The Morgan fingerprint density at radius 3 is 2.90 bits per heavy atom. The highest BCUT2D eigenvalue weighted by molar-refractivity contribution is 6.13. The summed E-state index contributed by atoms with van der Waals surface area (Å²) in [5.41, 5.74) is 2.82. The second-order valence-electron chi connectivity index (χ2n) is 4.90. The maximum Gasteiger partial charge on any atom is 0.338 e. The van der Waals surface area contributed by atoms with Crippen molar-refractivity contribution in [1.82, 2.24) is 8.99 Å². The summed E-state index contributed by atoms with van der Waals surface area (Å²) in [6, 6.07) is 9.03. The number of carboxylic acids is 1. The summed E-state index contributed by atoms with van der Waals surface area (Å²) in [6.07, 6.45) is 1.83. The van der Waals surface area contributed by atoms with Crippen molar-refractivity contribution in [3.05, 3.63) is 47.3 Å². The van der Waals surface area contributed by atoms with E-state index in [1.165, 1.54) is 0 Å². The molecule has 1 aliphatic rings. The molecular weight excluding hydrogens is 290 g/mol. The average Bonchev–Trinajstić information content (AvgIpc) is 2.86. The molecule has 0 fully saturated rings. The minimum atomic E-state index is -0.979. The van der Waals surface area contributed by atoms with Gasteiger partial charge >= 0.3 is 5.97 Å².